The van der Waals surface area contributed by atoms with Gasteiger partial charge in [0.1, 0.15) is 5.82 Å². The highest BCUT2D eigenvalue weighted by atomic mass is 19.1. The molecular weight excluding hydrogens is 205 g/mol. The van der Waals surface area contributed by atoms with Crippen molar-refractivity contribution >= 4 is 5.91 Å². The van der Waals surface area contributed by atoms with Crippen molar-refractivity contribution in [3.05, 3.63) is 35.6 Å². The van der Waals surface area contributed by atoms with E-state index in [1.54, 1.807) is 17.0 Å². The van der Waals surface area contributed by atoms with Crippen molar-refractivity contribution in [2.45, 2.75) is 26.7 Å². The van der Waals surface area contributed by atoms with Gasteiger partial charge in [0, 0.05) is 13.1 Å². The van der Waals surface area contributed by atoms with Crippen molar-refractivity contribution in [1.82, 2.24) is 4.90 Å². The van der Waals surface area contributed by atoms with Crippen LogP contribution < -0.4 is 0 Å². The normalized spacial score (nSPS) is 12.2. The Morgan fingerprint density at radius 3 is 2.19 bits per heavy atom. The Labute approximate surface area is 96.1 Å². The number of hydrogen-bond donors (Lipinski definition) is 0. The average molecular weight is 223 g/mol. The van der Waals surface area contributed by atoms with E-state index in [-0.39, 0.29) is 17.6 Å². The Morgan fingerprint density at radius 2 is 1.75 bits per heavy atom. The molecule has 0 radical (unpaired) electrons. The molecule has 0 saturated heterocycles. The molecule has 3 heteroatoms. The molecule has 1 atom stereocenters. The molecule has 88 valence electrons. The minimum absolute atomic E-state index is 0.0941. The lowest BCUT2D eigenvalue weighted by molar-refractivity contribution is -0.132. The molecular formula is C13H18FNO. The first kappa shape index (κ1) is 12.7. The van der Waals surface area contributed by atoms with Crippen LogP contribution in [0.15, 0.2) is 24.3 Å². The van der Waals surface area contributed by atoms with Crippen molar-refractivity contribution in [2.24, 2.45) is 0 Å². The molecule has 0 fully saturated rings. The molecule has 2 nitrogen and oxygen atoms in total. The molecule has 0 N–H and O–H groups in total. The third-order valence-electron chi connectivity index (χ3n) is 2.82. The number of hydrogen-bond acceptors (Lipinski definition) is 1. The summed E-state index contributed by atoms with van der Waals surface area (Å²) in [4.78, 5) is 13.8. The van der Waals surface area contributed by atoms with E-state index >= 15 is 0 Å². The van der Waals surface area contributed by atoms with Crippen molar-refractivity contribution in [3.63, 3.8) is 0 Å². The van der Waals surface area contributed by atoms with Gasteiger partial charge in [0.15, 0.2) is 0 Å². The highest BCUT2D eigenvalue weighted by Gasteiger charge is 2.19. The van der Waals surface area contributed by atoms with Crippen molar-refractivity contribution < 1.29 is 9.18 Å². The maximum atomic E-state index is 12.7. The van der Waals surface area contributed by atoms with Crippen LogP contribution in [0.25, 0.3) is 0 Å². The first-order valence-corrected chi connectivity index (χ1v) is 5.64. The summed E-state index contributed by atoms with van der Waals surface area (Å²) < 4.78 is 12.7. The number of halogens is 1. The van der Waals surface area contributed by atoms with Gasteiger partial charge in [-0.2, -0.15) is 0 Å². The van der Waals surface area contributed by atoms with Gasteiger partial charge in [-0.3, -0.25) is 4.79 Å². The Morgan fingerprint density at radius 1 is 1.25 bits per heavy atom. The number of benzene rings is 1. The molecule has 0 spiro atoms. The maximum Gasteiger partial charge on any atom is 0.229 e. The summed E-state index contributed by atoms with van der Waals surface area (Å²) in [6.45, 7) is 7.19. The van der Waals surface area contributed by atoms with E-state index in [0.717, 1.165) is 5.56 Å². The van der Waals surface area contributed by atoms with Gasteiger partial charge >= 0.3 is 0 Å². The first-order chi connectivity index (χ1) is 7.60. The monoisotopic (exact) mass is 223 g/mol. The fraction of sp³-hybridized carbons (Fsp3) is 0.462. The molecule has 0 aromatic heterocycles. The van der Waals surface area contributed by atoms with Gasteiger partial charge in [-0.05, 0) is 38.5 Å². The van der Waals surface area contributed by atoms with Gasteiger partial charge < -0.3 is 4.90 Å². The Hall–Kier alpha value is -1.38. The van der Waals surface area contributed by atoms with Crippen LogP contribution in [0.4, 0.5) is 4.39 Å². The zero-order valence-corrected chi connectivity index (χ0v) is 10.0. The van der Waals surface area contributed by atoms with Crippen LogP contribution in [0, 0.1) is 5.82 Å². The maximum absolute atomic E-state index is 12.7. The van der Waals surface area contributed by atoms with Crippen molar-refractivity contribution in [1.29, 1.82) is 0 Å². The lowest BCUT2D eigenvalue weighted by Crippen LogP contribution is -2.33. The van der Waals surface area contributed by atoms with Gasteiger partial charge in [0.05, 0.1) is 5.92 Å². The molecule has 0 aliphatic carbocycles. The number of rotatable bonds is 4. The fourth-order valence-electron chi connectivity index (χ4n) is 1.70. The second kappa shape index (κ2) is 5.64. The number of nitrogens with zero attached hydrogens (tertiary/aromatic N) is 1. The van der Waals surface area contributed by atoms with Gasteiger partial charge in [-0.1, -0.05) is 12.1 Å². The summed E-state index contributed by atoms with van der Waals surface area (Å²) in [5, 5.41) is 0. The third kappa shape index (κ3) is 2.81. The predicted octanol–water partition coefficient (Wildman–Crippen LogP) is 2.80. The topological polar surface area (TPSA) is 20.3 Å². The standard InChI is InChI=1S/C13H18FNO/c1-4-15(5-2)13(16)10(3)11-6-8-12(14)9-7-11/h6-10H,4-5H2,1-3H3. The van der Waals surface area contributed by atoms with E-state index in [1.807, 2.05) is 20.8 Å². The number of carbonyl (C=O) groups is 1. The van der Waals surface area contributed by atoms with Crippen LogP contribution in [0.5, 0.6) is 0 Å². The van der Waals surface area contributed by atoms with E-state index in [4.69, 9.17) is 0 Å². The lowest BCUT2D eigenvalue weighted by Gasteiger charge is -2.23. The van der Waals surface area contributed by atoms with E-state index in [0.29, 0.717) is 13.1 Å². The van der Waals surface area contributed by atoms with Gasteiger partial charge in [-0.15, -0.1) is 0 Å². The van der Waals surface area contributed by atoms with Crippen LogP contribution in [-0.2, 0) is 4.79 Å². The summed E-state index contributed by atoms with van der Waals surface area (Å²) in [5.41, 5.74) is 0.860. The van der Waals surface area contributed by atoms with Crippen LogP contribution in [0.1, 0.15) is 32.3 Å². The smallest absolute Gasteiger partial charge is 0.229 e. The SMILES string of the molecule is CCN(CC)C(=O)C(C)c1ccc(F)cc1. The van der Waals surface area contributed by atoms with Gasteiger partial charge in [0.2, 0.25) is 5.91 Å². The van der Waals surface area contributed by atoms with Crippen molar-refractivity contribution in [3.8, 4) is 0 Å². The Bertz CT molecular complexity index is 343. The second-order valence-electron chi connectivity index (χ2n) is 3.78. The van der Waals surface area contributed by atoms with E-state index in [1.165, 1.54) is 12.1 Å². The molecule has 16 heavy (non-hydrogen) atoms. The molecule has 1 rings (SSSR count). The zero-order chi connectivity index (χ0) is 12.1. The Kier molecular flexibility index (Phi) is 4.47. The second-order valence-corrected chi connectivity index (χ2v) is 3.78. The molecule has 1 aromatic carbocycles. The number of amides is 1. The molecule has 1 unspecified atom stereocenters. The summed E-state index contributed by atoms with van der Waals surface area (Å²) >= 11 is 0. The van der Waals surface area contributed by atoms with Crippen LogP contribution in [-0.4, -0.2) is 23.9 Å². The van der Waals surface area contributed by atoms with E-state index in [2.05, 4.69) is 0 Å². The molecule has 0 aliphatic rings. The quantitative estimate of drug-likeness (QED) is 0.768. The largest absolute Gasteiger partial charge is 0.343 e. The van der Waals surface area contributed by atoms with Gasteiger partial charge in [0.25, 0.3) is 0 Å². The number of likely N-dealkylation sites (N-methyl/N-ethyl adjacent to an activating group) is 1. The van der Waals surface area contributed by atoms with E-state index < -0.39 is 0 Å². The molecule has 1 aromatic rings. The predicted molar refractivity (Wildman–Crippen MR) is 62.7 cm³/mol. The van der Waals surface area contributed by atoms with Crippen LogP contribution >= 0.6 is 0 Å². The fourth-order valence-corrected chi connectivity index (χ4v) is 1.70. The molecule has 0 saturated carbocycles. The van der Waals surface area contributed by atoms with Crippen LogP contribution in [0.3, 0.4) is 0 Å². The number of carbonyl (C=O) groups excluding carboxylic acids is 1. The molecule has 1 amide bonds. The van der Waals surface area contributed by atoms with Gasteiger partial charge in [-0.25, -0.2) is 4.39 Å². The molecule has 0 bridgehead atoms. The third-order valence-corrected chi connectivity index (χ3v) is 2.82. The highest BCUT2D eigenvalue weighted by molar-refractivity contribution is 5.83. The average Bonchev–Trinajstić information content (AvgIpc) is 2.30. The highest BCUT2D eigenvalue weighted by Crippen LogP contribution is 2.18. The summed E-state index contributed by atoms with van der Waals surface area (Å²) in [7, 11) is 0. The summed E-state index contributed by atoms with van der Waals surface area (Å²) in [6, 6.07) is 6.12. The molecule has 0 heterocycles. The lowest BCUT2D eigenvalue weighted by atomic mass is 10.00. The van der Waals surface area contributed by atoms with E-state index in [9.17, 15) is 9.18 Å². The minimum Gasteiger partial charge on any atom is -0.343 e. The summed E-state index contributed by atoms with van der Waals surface area (Å²) in [5.74, 6) is -0.386. The van der Waals surface area contributed by atoms with Crippen LogP contribution in [0.2, 0.25) is 0 Å². The minimum atomic E-state index is -0.272. The zero-order valence-electron chi connectivity index (χ0n) is 10.0. The molecule has 0 aliphatic heterocycles. The van der Waals surface area contributed by atoms with Crippen molar-refractivity contribution in [2.75, 3.05) is 13.1 Å². The Balaban J connectivity index is 2.81. The first-order valence-electron chi connectivity index (χ1n) is 5.64. The summed E-state index contributed by atoms with van der Waals surface area (Å²) in [6.07, 6.45) is 0.